The summed E-state index contributed by atoms with van der Waals surface area (Å²) in [6.07, 6.45) is 1.88. The van der Waals surface area contributed by atoms with Gasteiger partial charge < -0.3 is 0 Å². The Kier molecular flexibility index (Phi) is 2.69. The number of rotatable bonds is 1. The van der Waals surface area contributed by atoms with Crippen molar-refractivity contribution >= 4 is 42.5 Å². The van der Waals surface area contributed by atoms with Crippen molar-refractivity contribution in [2.45, 2.75) is 0 Å². The standard InChI is InChI=1S/C20H12N2S/c1-4-10-18-14(6-1)20-13(7-5-11-19(20)23-18)17-12-21-15-8-2-3-9-16(15)22-17/h1-12H. The summed E-state index contributed by atoms with van der Waals surface area (Å²) in [5.41, 5.74) is 3.94. The third-order valence-corrected chi connectivity index (χ3v) is 5.26. The lowest BCUT2D eigenvalue weighted by atomic mass is 10.0. The average molecular weight is 312 g/mol. The highest BCUT2D eigenvalue weighted by atomic mass is 32.1. The molecule has 5 rings (SSSR count). The molecular formula is C20H12N2S. The topological polar surface area (TPSA) is 25.8 Å². The van der Waals surface area contributed by atoms with Gasteiger partial charge in [-0.15, -0.1) is 11.3 Å². The lowest BCUT2D eigenvalue weighted by Crippen LogP contribution is -1.88. The second kappa shape index (κ2) is 4.86. The molecule has 0 spiro atoms. The first-order valence-electron chi connectivity index (χ1n) is 7.52. The quantitative estimate of drug-likeness (QED) is 0.399. The summed E-state index contributed by atoms with van der Waals surface area (Å²) in [4.78, 5) is 9.39. The molecule has 0 aliphatic heterocycles. The monoisotopic (exact) mass is 312 g/mol. The summed E-state index contributed by atoms with van der Waals surface area (Å²) < 4.78 is 2.60. The Morgan fingerprint density at radius 1 is 0.696 bits per heavy atom. The zero-order valence-corrected chi connectivity index (χ0v) is 13.0. The molecule has 0 aliphatic rings. The first kappa shape index (κ1) is 12.7. The van der Waals surface area contributed by atoms with Crippen LogP contribution < -0.4 is 0 Å². The highest BCUT2D eigenvalue weighted by molar-refractivity contribution is 7.25. The molecule has 0 saturated heterocycles. The van der Waals surface area contributed by atoms with Crippen LogP contribution in [-0.4, -0.2) is 9.97 Å². The van der Waals surface area contributed by atoms with E-state index in [1.54, 1.807) is 0 Å². The van der Waals surface area contributed by atoms with E-state index < -0.39 is 0 Å². The molecule has 3 aromatic carbocycles. The third kappa shape index (κ3) is 1.94. The summed E-state index contributed by atoms with van der Waals surface area (Å²) in [6, 6.07) is 23.0. The Morgan fingerprint density at radius 2 is 1.48 bits per heavy atom. The molecule has 0 N–H and O–H groups in total. The molecule has 0 radical (unpaired) electrons. The lowest BCUT2D eigenvalue weighted by molar-refractivity contribution is 1.30. The minimum absolute atomic E-state index is 0.929. The van der Waals surface area contributed by atoms with Crippen molar-refractivity contribution < 1.29 is 0 Å². The summed E-state index contributed by atoms with van der Waals surface area (Å²) in [7, 11) is 0. The summed E-state index contributed by atoms with van der Waals surface area (Å²) in [5.74, 6) is 0. The minimum Gasteiger partial charge on any atom is -0.252 e. The number of fused-ring (bicyclic) bond motifs is 4. The van der Waals surface area contributed by atoms with Crippen LogP contribution >= 0.6 is 11.3 Å². The van der Waals surface area contributed by atoms with Gasteiger partial charge in [0.15, 0.2) is 0 Å². The van der Waals surface area contributed by atoms with E-state index in [2.05, 4.69) is 47.4 Å². The maximum Gasteiger partial charge on any atom is 0.0899 e. The van der Waals surface area contributed by atoms with Crippen LogP contribution in [0.2, 0.25) is 0 Å². The second-order valence-corrected chi connectivity index (χ2v) is 6.60. The molecule has 0 aliphatic carbocycles. The smallest absolute Gasteiger partial charge is 0.0899 e. The molecule has 108 valence electrons. The zero-order valence-electron chi connectivity index (χ0n) is 12.2. The van der Waals surface area contributed by atoms with Crippen LogP contribution in [0.25, 0.3) is 42.5 Å². The fourth-order valence-corrected chi connectivity index (χ4v) is 4.21. The zero-order chi connectivity index (χ0) is 15.2. The van der Waals surface area contributed by atoms with Crippen molar-refractivity contribution in [3.8, 4) is 11.3 Å². The van der Waals surface area contributed by atoms with Gasteiger partial charge in [-0.1, -0.05) is 42.5 Å². The molecule has 23 heavy (non-hydrogen) atoms. The van der Waals surface area contributed by atoms with Gasteiger partial charge in [-0.3, -0.25) is 4.98 Å². The molecule has 0 unspecified atom stereocenters. The Labute approximate surface area is 137 Å². The molecule has 0 atom stereocenters. The van der Waals surface area contributed by atoms with E-state index in [4.69, 9.17) is 4.98 Å². The summed E-state index contributed by atoms with van der Waals surface area (Å²) >= 11 is 1.83. The maximum absolute atomic E-state index is 4.82. The molecule has 2 aromatic heterocycles. The molecule has 0 fully saturated rings. The molecule has 3 heteroatoms. The Balaban J connectivity index is 1.87. The van der Waals surface area contributed by atoms with Crippen LogP contribution in [0.3, 0.4) is 0 Å². The van der Waals surface area contributed by atoms with Crippen molar-refractivity contribution in [2.75, 3.05) is 0 Å². The molecule has 0 saturated carbocycles. The van der Waals surface area contributed by atoms with Crippen LogP contribution in [0.15, 0.2) is 72.9 Å². The number of aromatic nitrogens is 2. The Morgan fingerprint density at radius 3 is 2.43 bits per heavy atom. The van der Waals surface area contributed by atoms with Gasteiger partial charge in [0, 0.05) is 25.7 Å². The van der Waals surface area contributed by atoms with E-state index in [1.165, 1.54) is 20.2 Å². The van der Waals surface area contributed by atoms with Crippen LogP contribution in [0.4, 0.5) is 0 Å². The maximum atomic E-state index is 4.82. The van der Waals surface area contributed by atoms with Crippen molar-refractivity contribution in [1.82, 2.24) is 9.97 Å². The summed E-state index contributed by atoms with van der Waals surface area (Å²) in [6.45, 7) is 0. The van der Waals surface area contributed by atoms with E-state index in [1.807, 2.05) is 41.8 Å². The highest BCUT2D eigenvalue weighted by Gasteiger charge is 2.11. The van der Waals surface area contributed by atoms with Gasteiger partial charge in [-0.2, -0.15) is 0 Å². The van der Waals surface area contributed by atoms with Gasteiger partial charge in [0.25, 0.3) is 0 Å². The SMILES string of the molecule is c1ccc2nc(-c3cccc4sc5ccccc5c34)cnc2c1. The van der Waals surface area contributed by atoms with Crippen molar-refractivity contribution in [3.05, 3.63) is 72.9 Å². The third-order valence-electron chi connectivity index (χ3n) is 4.13. The van der Waals surface area contributed by atoms with Crippen molar-refractivity contribution in [3.63, 3.8) is 0 Å². The van der Waals surface area contributed by atoms with Crippen LogP contribution in [0.5, 0.6) is 0 Å². The molecule has 0 bridgehead atoms. The predicted octanol–water partition coefficient (Wildman–Crippen LogP) is 5.66. The Bertz CT molecular complexity index is 1170. The number of hydrogen-bond donors (Lipinski definition) is 0. The van der Waals surface area contributed by atoms with Crippen LogP contribution in [0.1, 0.15) is 0 Å². The van der Waals surface area contributed by atoms with Gasteiger partial charge in [-0.05, 0) is 24.3 Å². The number of hydrogen-bond acceptors (Lipinski definition) is 3. The summed E-state index contributed by atoms with van der Waals surface area (Å²) in [5, 5.41) is 2.57. The fourth-order valence-electron chi connectivity index (χ4n) is 3.08. The number of nitrogens with zero attached hydrogens (tertiary/aromatic N) is 2. The van der Waals surface area contributed by atoms with Crippen molar-refractivity contribution in [1.29, 1.82) is 0 Å². The van der Waals surface area contributed by atoms with E-state index in [0.29, 0.717) is 0 Å². The highest BCUT2D eigenvalue weighted by Crippen LogP contribution is 2.39. The predicted molar refractivity (Wildman–Crippen MR) is 97.9 cm³/mol. The van der Waals surface area contributed by atoms with Gasteiger partial charge in [0.05, 0.1) is 22.9 Å². The normalized spacial score (nSPS) is 11.5. The van der Waals surface area contributed by atoms with Gasteiger partial charge in [0.1, 0.15) is 0 Å². The molecule has 2 heterocycles. The largest absolute Gasteiger partial charge is 0.252 e. The van der Waals surface area contributed by atoms with Gasteiger partial charge in [-0.25, -0.2) is 4.98 Å². The number of para-hydroxylation sites is 2. The fraction of sp³-hybridized carbons (Fsp3) is 0. The molecule has 0 amide bonds. The van der Waals surface area contributed by atoms with Crippen LogP contribution in [-0.2, 0) is 0 Å². The van der Waals surface area contributed by atoms with E-state index in [9.17, 15) is 0 Å². The van der Waals surface area contributed by atoms with Crippen molar-refractivity contribution in [2.24, 2.45) is 0 Å². The van der Waals surface area contributed by atoms with Crippen LogP contribution in [0, 0.1) is 0 Å². The lowest BCUT2D eigenvalue weighted by Gasteiger charge is -2.05. The molecule has 5 aromatic rings. The van der Waals surface area contributed by atoms with E-state index in [-0.39, 0.29) is 0 Å². The molecule has 2 nitrogen and oxygen atoms in total. The molecular weight excluding hydrogens is 300 g/mol. The minimum atomic E-state index is 0.929. The number of benzene rings is 3. The second-order valence-electron chi connectivity index (χ2n) is 5.52. The van der Waals surface area contributed by atoms with E-state index in [0.717, 1.165) is 22.3 Å². The van der Waals surface area contributed by atoms with E-state index >= 15 is 0 Å². The van der Waals surface area contributed by atoms with Gasteiger partial charge >= 0.3 is 0 Å². The first-order chi connectivity index (χ1) is 11.4. The first-order valence-corrected chi connectivity index (χ1v) is 8.34. The van der Waals surface area contributed by atoms with Gasteiger partial charge in [0.2, 0.25) is 0 Å². The Hall–Kier alpha value is -2.78. The number of thiophene rings is 1. The average Bonchev–Trinajstić information content (AvgIpc) is 3.00.